The van der Waals surface area contributed by atoms with E-state index in [4.69, 9.17) is 5.26 Å². The SMILES string of the molecule is CC(=O)OCC(=O)c1ccc(C#N)cc1. The second kappa shape index (κ2) is 4.91. The highest BCUT2D eigenvalue weighted by Crippen LogP contribution is 2.04. The Hall–Kier alpha value is -2.15. The van der Waals surface area contributed by atoms with E-state index in [1.807, 2.05) is 6.07 Å². The largest absolute Gasteiger partial charge is 0.457 e. The highest BCUT2D eigenvalue weighted by atomic mass is 16.5. The lowest BCUT2D eigenvalue weighted by molar-refractivity contribution is -0.139. The molecule has 15 heavy (non-hydrogen) atoms. The zero-order chi connectivity index (χ0) is 11.3. The van der Waals surface area contributed by atoms with Crippen LogP contribution in [0.15, 0.2) is 24.3 Å². The third-order valence-corrected chi connectivity index (χ3v) is 1.74. The van der Waals surface area contributed by atoms with Gasteiger partial charge in [0.1, 0.15) is 0 Å². The molecule has 0 fully saturated rings. The minimum absolute atomic E-state index is 0.263. The molecule has 0 aliphatic heterocycles. The first-order valence-electron chi connectivity index (χ1n) is 4.30. The van der Waals surface area contributed by atoms with E-state index in [9.17, 15) is 9.59 Å². The van der Waals surface area contributed by atoms with Crippen molar-refractivity contribution >= 4 is 11.8 Å². The molecule has 4 nitrogen and oxygen atoms in total. The molecule has 4 heteroatoms. The Morgan fingerprint density at radius 1 is 1.33 bits per heavy atom. The average Bonchev–Trinajstić information content (AvgIpc) is 2.26. The van der Waals surface area contributed by atoms with Crippen LogP contribution >= 0.6 is 0 Å². The molecule has 0 atom stereocenters. The van der Waals surface area contributed by atoms with E-state index in [1.54, 1.807) is 12.1 Å². The standard InChI is InChI=1S/C11H9NO3/c1-8(13)15-7-11(14)10-4-2-9(6-12)3-5-10/h2-5H,7H2,1H3. The summed E-state index contributed by atoms with van der Waals surface area (Å²) in [7, 11) is 0. The molecule has 0 bridgehead atoms. The molecule has 0 unspecified atom stereocenters. The van der Waals surface area contributed by atoms with Gasteiger partial charge in [-0.2, -0.15) is 5.26 Å². The van der Waals surface area contributed by atoms with Crippen LogP contribution in [0.4, 0.5) is 0 Å². The topological polar surface area (TPSA) is 67.2 Å². The summed E-state index contributed by atoms with van der Waals surface area (Å²) in [6.45, 7) is 0.979. The molecule has 1 aromatic carbocycles. The number of esters is 1. The van der Waals surface area contributed by atoms with Crippen molar-refractivity contribution in [3.63, 3.8) is 0 Å². The van der Waals surface area contributed by atoms with Gasteiger partial charge in [-0.15, -0.1) is 0 Å². The summed E-state index contributed by atoms with van der Waals surface area (Å²) in [6, 6.07) is 8.10. The number of hydrogen-bond donors (Lipinski definition) is 0. The van der Waals surface area contributed by atoms with Gasteiger partial charge in [-0.1, -0.05) is 0 Å². The van der Waals surface area contributed by atoms with Crippen LogP contribution in [0.1, 0.15) is 22.8 Å². The number of rotatable bonds is 3. The third-order valence-electron chi connectivity index (χ3n) is 1.74. The van der Waals surface area contributed by atoms with Gasteiger partial charge in [0.05, 0.1) is 11.6 Å². The van der Waals surface area contributed by atoms with E-state index in [0.717, 1.165) is 0 Å². The lowest BCUT2D eigenvalue weighted by Gasteiger charge is -2.01. The van der Waals surface area contributed by atoms with Crippen molar-refractivity contribution in [2.45, 2.75) is 6.92 Å². The fourth-order valence-corrected chi connectivity index (χ4v) is 0.981. The van der Waals surface area contributed by atoms with Gasteiger partial charge in [-0.05, 0) is 24.3 Å². The van der Waals surface area contributed by atoms with Gasteiger partial charge in [0.25, 0.3) is 0 Å². The minimum Gasteiger partial charge on any atom is -0.457 e. The smallest absolute Gasteiger partial charge is 0.303 e. The van der Waals surface area contributed by atoms with E-state index in [2.05, 4.69) is 4.74 Å². The minimum atomic E-state index is -0.489. The number of ketones is 1. The Balaban J connectivity index is 2.67. The van der Waals surface area contributed by atoms with E-state index in [1.165, 1.54) is 19.1 Å². The number of Topliss-reactive ketones (excluding diaryl/α,β-unsaturated/α-hetero) is 1. The van der Waals surface area contributed by atoms with Gasteiger partial charge >= 0.3 is 5.97 Å². The Labute approximate surface area is 87.1 Å². The first-order valence-corrected chi connectivity index (χ1v) is 4.30. The van der Waals surface area contributed by atoms with Crippen molar-refractivity contribution in [2.75, 3.05) is 6.61 Å². The van der Waals surface area contributed by atoms with Gasteiger partial charge in [-0.3, -0.25) is 9.59 Å². The van der Waals surface area contributed by atoms with Gasteiger partial charge < -0.3 is 4.74 Å². The van der Waals surface area contributed by atoms with Crippen LogP contribution in [0.5, 0.6) is 0 Å². The maximum atomic E-state index is 11.4. The molecule has 1 rings (SSSR count). The quantitative estimate of drug-likeness (QED) is 0.548. The number of carbonyl (C=O) groups excluding carboxylic acids is 2. The molecule has 0 spiro atoms. The van der Waals surface area contributed by atoms with Crippen LogP contribution in [0.2, 0.25) is 0 Å². The maximum absolute atomic E-state index is 11.4. The summed E-state index contributed by atoms with van der Waals surface area (Å²) < 4.78 is 4.56. The second-order valence-corrected chi connectivity index (χ2v) is 2.89. The molecule has 0 aromatic heterocycles. The number of benzene rings is 1. The van der Waals surface area contributed by atoms with E-state index >= 15 is 0 Å². The first-order chi connectivity index (χ1) is 7.13. The molecule has 76 valence electrons. The summed E-state index contributed by atoms with van der Waals surface area (Å²) in [6.07, 6.45) is 0. The third kappa shape index (κ3) is 3.24. The Morgan fingerprint density at radius 3 is 2.40 bits per heavy atom. The highest BCUT2D eigenvalue weighted by molar-refractivity contribution is 5.97. The summed E-state index contributed by atoms with van der Waals surface area (Å²) in [5.74, 6) is -0.772. The molecular formula is C11H9NO3. The van der Waals surface area contributed by atoms with Gasteiger partial charge in [0, 0.05) is 12.5 Å². The number of nitriles is 1. The number of ether oxygens (including phenoxy) is 1. The van der Waals surface area contributed by atoms with Gasteiger partial charge in [-0.25, -0.2) is 0 Å². The van der Waals surface area contributed by atoms with Crippen molar-refractivity contribution in [1.29, 1.82) is 5.26 Å². The fraction of sp³-hybridized carbons (Fsp3) is 0.182. The molecule has 0 amide bonds. The normalized spacial score (nSPS) is 9.07. The van der Waals surface area contributed by atoms with E-state index < -0.39 is 5.97 Å². The zero-order valence-corrected chi connectivity index (χ0v) is 8.19. The van der Waals surface area contributed by atoms with Gasteiger partial charge in [0.2, 0.25) is 0 Å². The molecule has 0 saturated carbocycles. The molecule has 0 heterocycles. The lowest BCUT2D eigenvalue weighted by Crippen LogP contribution is -2.11. The molecule has 0 aliphatic rings. The molecular weight excluding hydrogens is 194 g/mol. The van der Waals surface area contributed by atoms with Crippen molar-refractivity contribution in [1.82, 2.24) is 0 Å². The van der Waals surface area contributed by atoms with Crippen molar-refractivity contribution in [2.24, 2.45) is 0 Å². The van der Waals surface area contributed by atoms with Crippen LogP contribution in [0, 0.1) is 11.3 Å². The average molecular weight is 203 g/mol. The Morgan fingerprint density at radius 2 is 1.93 bits per heavy atom. The monoisotopic (exact) mass is 203 g/mol. The number of hydrogen-bond acceptors (Lipinski definition) is 4. The van der Waals surface area contributed by atoms with E-state index in [0.29, 0.717) is 11.1 Å². The Bertz CT molecular complexity index is 414. The van der Waals surface area contributed by atoms with Crippen molar-refractivity contribution in [3.05, 3.63) is 35.4 Å². The molecule has 0 N–H and O–H groups in total. The van der Waals surface area contributed by atoms with Crippen LogP contribution in [-0.2, 0) is 9.53 Å². The number of nitrogens with zero attached hydrogens (tertiary/aromatic N) is 1. The highest BCUT2D eigenvalue weighted by Gasteiger charge is 2.07. The lowest BCUT2D eigenvalue weighted by atomic mass is 10.1. The van der Waals surface area contributed by atoms with Crippen molar-refractivity contribution < 1.29 is 14.3 Å². The maximum Gasteiger partial charge on any atom is 0.303 e. The zero-order valence-electron chi connectivity index (χ0n) is 8.19. The van der Waals surface area contributed by atoms with Crippen molar-refractivity contribution in [3.8, 4) is 6.07 Å². The summed E-state index contributed by atoms with van der Waals surface area (Å²) in [5, 5.41) is 8.54. The van der Waals surface area contributed by atoms with Crippen LogP contribution in [0.25, 0.3) is 0 Å². The summed E-state index contributed by atoms with van der Waals surface area (Å²) in [5.41, 5.74) is 0.911. The molecule has 0 aliphatic carbocycles. The van der Waals surface area contributed by atoms with Crippen LogP contribution in [-0.4, -0.2) is 18.4 Å². The Kier molecular flexibility index (Phi) is 3.58. The second-order valence-electron chi connectivity index (χ2n) is 2.89. The molecule has 1 aromatic rings. The van der Waals surface area contributed by atoms with Crippen LogP contribution in [0.3, 0.4) is 0 Å². The van der Waals surface area contributed by atoms with Crippen LogP contribution < -0.4 is 0 Å². The molecule has 0 saturated heterocycles. The number of carbonyl (C=O) groups is 2. The molecule has 0 radical (unpaired) electrons. The predicted octanol–water partition coefficient (Wildman–Crippen LogP) is 1.30. The fourth-order valence-electron chi connectivity index (χ4n) is 0.981. The predicted molar refractivity (Wildman–Crippen MR) is 52.1 cm³/mol. The summed E-state index contributed by atoms with van der Waals surface area (Å²) in [4.78, 5) is 21.9. The van der Waals surface area contributed by atoms with E-state index in [-0.39, 0.29) is 12.4 Å². The van der Waals surface area contributed by atoms with Gasteiger partial charge in [0.15, 0.2) is 12.4 Å². The summed E-state index contributed by atoms with van der Waals surface area (Å²) >= 11 is 0. The first kappa shape index (κ1) is 10.9.